The van der Waals surface area contributed by atoms with Gasteiger partial charge >= 0.3 is 6.15 Å². The number of non-ortho nitro benzene ring substituents is 2. The average Bonchev–Trinajstić information content (AvgIpc) is 1.55. The zero-order chi connectivity index (χ0) is 105. The highest BCUT2D eigenvalue weighted by molar-refractivity contribution is 6.15. The van der Waals surface area contributed by atoms with E-state index < -0.39 is 42.9 Å². The number of amides is 5. The zero-order valence-electron chi connectivity index (χ0n) is 81.1. The van der Waals surface area contributed by atoms with E-state index in [4.69, 9.17) is 36.6 Å². The summed E-state index contributed by atoms with van der Waals surface area (Å²) in [5.74, 6) is 3.04. The lowest BCUT2D eigenvalue weighted by atomic mass is 10.1. The van der Waals surface area contributed by atoms with E-state index >= 15 is 0 Å². The van der Waals surface area contributed by atoms with Crippen molar-refractivity contribution in [3.05, 3.63) is 328 Å². The number of nitro groups is 2. The third kappa shape index (κ3) is 23.1. The summed E-state index contributed by atoms with van der Waals surface area (Å²) in [6.07, 6.45) is 4.80. The van der Waals surface area contributed by atoms with Crippen molar-refractivity contribution in [2.75, 3.05) is 64.1 Å². The van der Waals surface area contributed by atoms with Crippen molar-refractivity contribution in [3.8, 4) is 62.7 Å². The highest BCUT2D eigenvalue weighted by Gasteiger charge is 2.41. The number of rotatable bonds is 26. The number of carbonyl (C=O) groups is 5. The van der Waals surface area contributed by atoms with Gasteiger partial charge in [0.2, 0.25) is 29.5 Å². The normalized spacial score (nSPS) is 12.7. The number of anilines is 9. The number of carbonyl (C=O) groups excluding carboxylic acids is 7. The summed E-state index contributed by atoms with van der Waals surface area (Å²) in [6.45, 7) is 13.9. The van der Waals surface area contributed by atoms with Crippen molar-refractivity contribution in [1.82, 2.24) is 49.8 Å². The van der Waals surface area contributed by atoms with Crippen LogP contribution < -0.4 is 24.5 Å². The fourth-order valence-electron chi connectivity index (χ4n) is 16.7. The second-order valence-corrected chi connectivity index (χ2v) is 34.8. The van der Waals surface area contributed by atoms with Gasteiger partial charge in [-0.15, -0.1) is 0 Å². The molecule has 0 bridgehead atoms. The molecule has 39 heteroatoms. The number of phenolic OH excluding ortho intramolecular Hbond substituents is 1. The molecule has 9 aromatic carbocycles. The van der Waals surface area contributed by atoms with Gasteiger partial charge in [0.1, 0.15) is 34.8 Å². The number of unbranched alkanes of at least 4 members (excludes halogenated alkanes) is 3. The van der Waals surface area contributed by atoms with Crippen LogP contribution in [0.15, 0.2) is 212 Å². The second-order valence-electron chi connectivity index (χ2n) is 34.8. The van der Waals surface area contributed by atoms with Gasteiger partial charge in [0, 0.05) is 86.4 Å². The van der Waals surface area contributed by atoms with Crippen LogP contribution in [0.4, 0.5) is 63.2 Å². The number of nitrogens with one attached hydrogen (secondary N) is 5. The Kier molecular flexibility index (Phi) is 33.0. The molecule has 10 heterocycles. The number of hydrogen-bond acceptors (Lipinski definition) is 32. The van der Waals surface area contributed by atoms with Crippen LogP contribution in [0.2, 0.25) is 0 Å². The van der Waals surface area contributed by atoms with Gasteiger partial charge < -0.3 is 57.7 Å². The number of fused-ring (bicyclic) bond motifs is 5. The fraction of sp³-hybridized carbons (Fsp3) is 0.213. The average molecular weight is 1980 g/mol. The van der Waals surface area contributed by atoms with Crippen LogP contribution in [0.3, 0.4) is 0 Å². The molecule has 147 heavy (non-hydrogen) atoms. The summed E-state index contributed by atoms with van der Waals surface area (Å²) in [5.41, 5.74) is 16.2. The van der Waals surface area contributed by atoms with Crippen molar-refractivity contribution in [3.63, 3.8) is 0 Å². The van der Waals surface area contributed by atoms with Crippen LogP contribution in [0.25, 0.3) is 56.9 Å². The minimum Gasteiger partial charge on any atom is -0.508 e. The van der Waals surface area contributed by atoms with E-state index in [0.29, 0.717) is 126 Å². The topological polar surface area (TPSA) is 592 Å². The molecule has 5 aromatic heterocycles. The maximum absolute atomic E-state index is 12.9. The van der Waals surface area contributed by atoms with Gasteiger partial charge in [-0.1, -0.05) is 194 Å². The highest BCUT2D eigenvalue weighted by Crippen LogP contribution is 2.45. The maximum Gasteiger partial charge on any atom is 0.373 e. The molecule has 744 valence electrons. The van der Waals surface area contributed by atoms with E-state index in [9.17, 15) is 74.8 Å². The summed E-state index contributed by atoms with van der Waals surface area (Å²) in [7, 11) is 0. The molecule has 0 radical (unpaired) electrons. The number of phenols is 1. The molecule has 0 fully saturated rings. The van der Waals surface area contributed by atoms with Gasteiger partial charge in [0.15, 0.2) is 29.1 Å². The molecule has 0 saturated carbocycles. The number of nitrogens with zero attached hydrogens (tertiary/aromatic N) is 17. The highest BCUT2D eigenvalue weighted by atomic mass is 16.6. The number of hydrogen-bond donors (Lipinski definition) is 11. The third-order valence-corrected chi connectivity index (χ3v) is 24.4. The van der Waals surface area contributed by atoms with E-state index in [1.165, 1.54) is 57.2 Å². The van der Waals surface area contributed by atoms with Crippen molar-refractivity contribution in [2.24, 2.45) is 0 Å². The minimum atomic E-state index is -0.540. The van der Waals surface area contributed by atoms with Crippen molar-refractivity contribution < 1.29 is 74.0 Å². The number of aryl methyl sites for hydroxylation is 7. The molecule has 14 aromatic rings. The van der Waals surface area contributed by atoms with Gasteiger partial charge in [0.05, 0.1) is 155 Å². The van der Waals surface area contributed by atoms with Crippen LogP contribution in [0, 0.1) is 95.7 Å². The number of para-hydroxylation sites is 1. The molecular weight excluding hydrogens is 1880 g/mol. The van der Waals surface area contributed by atoms with Crippen LogP contribution in [-0.2, 0) is 65.7 Å². The molecule has 5 aliphatic heterocycles. The lowest BCUT2D eigenvalue weighted by Crippen LogP contribution is -2.28. The Morgan fingerprint density at radius 2 is 0.660 bits per heavy atom. The Morgan fingerprint density at radius 3 is 1.02 bits per heavy atom. The van der Waals surface area contributed by atoms with Crippen molar-refractivity contribution in [1.29, 1.82) is 27.0 Å². The molecule has 19 rings (SSSR count). The summed E-state index contributed by atoms with van der Waals surface area (Å²) in [5, 5.41) is 120. The number of aliphatic hydroxyl groups is 5. The van der Waals surface area contributed by atoms with E-state index in [0.717, 1.165) is 81.4 Å². The van der Waals surface area contributed by atoms with Crippen LogP contribution in [0.5, 0.6) is 5.75 Å². The van der Waals surface area contributed by atoms with Gasteiger partial charge in [-0.2, -0.15) is 9.59 Å². The first kappa shape index (κ1) is 105. The molecule has 0 spiro atoms. The predicted octanol–water partition coefficient (Wildman–Crippen LogP) is 15.0. The molecule has 5 aliphatic rings. The first-order chi connectivity index (χ1) is 70.6. The predicted molar refractivity (Wildman–Crippen MR) is 549 cm³/mol. The number of nitro benzene ring substituents is 2. The lowest BCUT2D eigenvalue weighted by Gasteiger charge is -2.20. The van der Waals surface area contributed by atoms with E-state index in [1.807, 2.05) is 187 Å². The molecule has 5 amide bonds. The SMILES string of the molecule is CCCCCCN1C(=O)Cc2c(C(=N)CO)nc(-c3ccc(C)cc3)nc21.Cc1ccc(-c2nc(C(=N)CO)c3c(n2)N(c2ccc([N+](=O)[O-])cc2)C(=O)C3)cc1.Cc1ccc(-c2nc(C(=N)CO)c3c(n2)N(c2cccc(C)c2)C(=O)C3)cc1.Cc1ccc(-c2nc(C(=N)CO)c3c(n2)N(c2cccc([N+](=O)[O-])c2)C(=O)C3)cc1.Cc1ccc(-c2nc(C(=N)CO)c3c(n2)N(c2ccccc2C)C(=O)C3)cc1O.O=C=O. The number of aromatic hydroxyl groups is 1. The summed E-state index contributed by atoms with van der Waals surface area (Å²) in [6, 6.07) is 62.1. The summed E-state index contributed by atoms with van der Waals surface area (Å²) in [4.78, 5) is 154. The van der Waals surface area contributed by atoms with Gasteiger partial charge in [-0.25, -0.2) is 49.8 Å². The Hall–Kier alpha value is -18.1. The molecule has 11 N–H and O–H groups in total. The lowest BCUT2D eigenvalue weighted by molar-refractivity contribution is -0.385. The first-order valence-corrected chi connectivity index (χ1v) is 46.4. The third-order valence-electron chi connectivity index (χ3n) is 24.4. The minimum absolute atomic E-state index is 0.0103. The van der Waals surface area contributed by atoms with Gasteiger partial charge in [-0.3, -0.25) is 68.7 Å². The molecule has 0 unspecified atom stereocenters. The van der Waals surface area contributed by atoms with E-state index in [2.05, 4.69) is 56.8 Å². The monoisotopic (exact) mass is 1980 g/mol. The Bertz CT molecular complexity index is 7610. The van der Waals surface area contributed by atoms with Gasteiger partial charge in [-0.05, 0) is 114 Å². The Labute approximate surface area is 841 Å². The molecule has 39 nitrogen and oxygen atoms in total. The number of benzene rings is 9. The number of aliphatic hydroxyl groups excluding tert-OH is 5. The molecule has 0 aliphatic carbocycles. The van der Waals surface area contributed by atoms with E-state index in [1.54, 1.807) is 41.0 Å². The first-order valence-electron chi connectivity index (χ1n) is 46.4. The van der Waals surface area contributed by atoms with Crippen LogP contribution in [-0.4, -0.2) is 194 Å². The standard InChI is InChI=1S/C22H20N4O3.C22H20N4O2.2C21H17N5O4.C21H26N4O2.CO2/c1-12-5-3-4-6-17(12)26-19(29)10-15-20(16(23)11-27)24-21(25-22(15)26)14-8-7-13(2)18(28)9-14;1-13-6-8-15(9-7-13)21-24-20(18(23)12-27)17-11-19(28)26(22(17)25-21)16-5-3-4-14(2)10-16;1-12-2-4-13(5-3-12)20-23-19(17(22)11-27)16-10-18(28)25(21(16)24-20)14-6-8-15(9-7-14)26(29)30;1-12-5-7-13(8-6-12)20-23-19(17(22)11-27)16-10-18(28)25(21(16)24-20)14-3-2-4-15(9-14)26(29)30;1-3-4-5-6-11-25-18(27)12-16-19(17(22)13-26)23-20(24-21(16)25)15-9-7-14(2)8-10-15;2-1-3/h3-9,23,27-28H,10-11H2,1-2H3;3-10,23,27H,11-12H2,1-2H3;2*2-9,22,27H,10-11H2,1H3;7-10,22,26H,3-6,11-13H2,1-2H3;. The summed E-state index contributed by atoms with van der Waals surface area (Å²) >= 11 is 0. The summed E-state index contributed by atoms with van der Waals surface area (Å²) < 4.78 is 0. The molecule has 0 saturated heterocycles. The number of aromatic nitrogens is 10. The van der Waals surface area contributed by atoms with Gasteiger partial charge in [0.25, 0.3) is 11.4 Å². The quantitative estimate of drug-likeness (QED) is 0.0104. The van der Waals surface area contributed by atoms with Crippen molar-refractivity contribution in [2.45, 2.75) is 113 Å². The Morgan fingerprint density at radius 1 is 0.333 bits per heavy atom. The van der Waals surface area contributed by atoms with E-state index in [-0.39, 0.29) is 142 Å². The largest absolute Gasteiger partial charge is 0.508 e. The van der Waals surface area contributed by atoms with Crippen LogP contribution in [0.1, 0.15) is 128 Å². The molecular formula is C108H100N22O17. The maximum atomic E-state index is 12.9. The Balaban J connectivity index is 0.000000144. The molecule has 0 atom stereocenters. The van der Waals surface area contributed by atoms with Crippen LogP contribution >= 0.6 is 0 Å². The van der Waals surface area contributed by atoms with Crippen molar-refractivity contribution >= 4 is 127 Å². The second kappa shape index (κ2) is 46.3. The zero-order valence-corrected chi connectivity index (χ0v) is 81.1. The fourth-order valence-corrected chi connectivity index (χ4v) is 16.7. The smallest absolute Gasteiger partial charge is 0.373 e.